The van der Waals surface area contributed by atoms with Gasteiger partial charge >= 0.3 is 17.9 Å². The highest BCUT2D eigenvalue weighted by Crippen LogP contribution is 2.36. The van der Waals surface area contributed by atoms with Crippen LogP contribution >= 0.6 is 0 Å². The van der Waals surface area contributed by atoms with Crippen molar-refractivity contribution in [2.75, 3.05) is 32.0 Å². The molecule has 0 spiro atoms. The molecule has 0 saturated carbocycles. The van der Waals surface area contributed by atoms with Crippen molar-refractivity contribution in [3.63, 3.8) is 0 Å². The Morgan fingerprint density at radius 3 is 1.88 bits per heavy atom. The van der Waals surface area contributed by atoms with Crippen molar-refractivity contribution in [2.24, 2.45) is 17.2 Å². The second kappa shape index (κ2) is 18.3. The van der Waals surface area contributed by atoms with Gasteiger partial charge in [0.25, 0.3) is 0 Å². The highest BCUT2D eigenvalue weighted by Gasteiger charge is 2.51. The summed E-state index contributed by atoms with van der Waals surface area (Å²) in [5, 5.41) is 0. The molecule has 0 amide bonds. The summed E-state index contributed by atoms with van der Waals surface area (Å²) in [6, 6.07) is 0. The van der Waals surface area contributed by atoms with Crippen LogP contribution in [0.2, 0.25) is 0 Å². The number of nitrogen functional groups attached to an aromatic ring is 1. The third-order valence-corrected chi connectivity index (χ3v) is 7.15. The average Bonchev–Trinajstić information content (AvgIpc) is 3.57. The Balaban J connectivity index is 1.84. The predicted octanol–water partition coefficient (Wildman–Crippen LogP) is 1.23. The SMILES string of the molecule is NCCCCCC(=O)OC[C@H]1O[C@@H](n2cnc3c(N)ncnc32)[C@H](OC(=O)CCCCCN)[C@@H]1OC(=O)CCCCCN. The highest BCUT2D eigenvalue weighted by atomic mass is 16.7. The molecule has 43 heavy (non-hydrogen) atoms. The molecule has 15 heteroatoms. The molecule has 1 saturated heterocycles. The van der Waals surface area contributed by atoms with Gasteiger partial charge in [-0.05, 0) is 58.2 Å². The Hall–Kier alpha value is -3.40. The largest absolute Gasteiger partial charge is 0.463 e. The van der Waals surface area contributed by atoms with Gasteiger partial charge in [0.1, 0.15) is 24.6 Å². The third-order valence-electron chi connectivity index (χ3n) is 7.15. The summed E-state index contributed by atoms with van der Waals surface area (Å²) in [5.41, 5.74) is 23.3. The number of anilines is 1. The Bertz CT molecular complexity index is 1160. The highest BCUT2D eigenvalue weighted by molar-refractivity contribution is 5.81. The molecule has 1 fully saturated rings. The van der Waals surface area contributed by atoms with Crippen LogP contribution in [0, 0.1) is 0 Å². The van der Waals surface area contributed by atoms with Gasteiger partial charge in [-0.15, -0.1) is 0 Å². The first kappa shape index (κ1) is 34.1. The molecule has 0 radical (unpaired) electrons. The number of imidazole rings is 1. The number of ether oxygens (including phenoxy) is 4. The molecule has 2 aromatic rings. The lowest BCUT2D eigenvalue weighted by atomic mass is 10.1. The minimum atomic E-state index is -1.09. The lowest BCUT2D eigenvalue weighted by Gasteiger charge is -2.25. The summed E-state index contributed by atoms with van der Waals surface area (Å²) in [5.74, 6) is -1.24. The maximum Gasteiger partial charge on any atom is 0.306 e. The van der Waals surface area contributed by atoms with E-state index in [0.717, 1.165) is 38.5 Å². The predicted molar refractivity (Wildman–Crippen MR) is 157 cm³/mol. The number of hydrogen-bond acceptors (Lipinski definition) is 14. The van der Waals surface area contributed by atoms with Gasteiger partial charge in [0.2, 0.25) is 0 Å². The molecule has 240 valence electrons. The van der Waals surface area contributed by atoms with Crippen LogP contribution in [0.5, 0.6) is 0 Å². The lowest BCUT2D eigenvalue weighted by molar-refractivity contribution is -0.169. The number of fused-ring (bicyclic) bond motifs is 1. The van der Waals surface area contributed by atoms with E-state index in [2.05, 4.69) is 15.0 Å². The number of rotatable bonds is 20. The summed E-state index contributed by atoms with van der Waals surface area (Å²) in [7, 11) is 0. The minimum absolute atomic E-state index is 0.144. The molecule has 1 aliphatic heterocycles. The topological polar surface area (TPSA) is 236 Å². The van der Waals surface area contributed by atoms with Crippen LogP contribution in [0.3, 0.4) is 0 Å². The summed E-state index contributed by atoms with van der Waals surface area (Å²) < 4.78 is 25.2. The quantitative estimate of drug-likeness (QED) is 0.0942. The smallest absolute Gasteiger partial charge is 0.306 e. The van der Waals surface area contributed by atoms with E-state index in [4.69, 9.17) is 41.9 Å². The zero-order valence-corrected chi connectivity index (χ0v) is 24.7. The fourth-order valence-electron chi connectivity index (χ4n) is 4.83. The van der Waals surface area contributed by atoms with Gasteiger partial charge in [0.15, 0.2) is 29.9 Å². The maximum absolute atomic E-state index is 13.0. The molecule has 2 aromatic heterocycles. The third kappa shape index (κ3) is 10.4. The van der Waals surface area contributed by atoms with E-state index < -0.39 is 42.4 Å². The zero-order valence-electron chi connectivity index (χ0n) is 24.7. The summed E-state index contributed by atoms with van der Waals surface area (Å²) in [6.45, 7) is 1.40. The number of aromatic nitrogens is 4. The Morgan fingerprint density at radius 2 is 1.30 bits per heavy atom. The first-order chi connectivity index (χ1) is 20.9. The minimum Gasteiger partial charge on any atom is -0.463 e. The number of nitrogens with two attached hydrogens (primary N) is 4. The molecular formula is C28H46N8O7. The van der Waals surface area contributed by atoms with Gasteiger partial charge in [-0.25, -0.2) is 15.0 Å². The van der Waals surface area contributed by atoms with Crippen molar-refractivity contribution in [1.82, 2.24) is 19.5 Å². The normalized spacial score (nSPS) is 19.9. The molecule has 0 aliphatic carbocycles. The fraction of sp³-hybridized carbons (Fsp3) is 0.714. The van der Waals surface area contributed by atoms with Crippen LogP contribution in [0.15, 0.2) is 12.7 Å². The number of carbonyl (C=O) groups excluding carboxylic acids is 3. The second-order valence-electron chi connectivity index (χ2n) is 10.5. The maximum atomic E-state index is 13.0. The van der Waals surface area contributed by atoms with Gasteiger partial charge in [-0.2, -0.15) is 0 Å². The van der Waals surface area contributed by atoms with Crippen molar-refractivity contribution in [2.45, 2.75) is 102 Å². The van der Waals surface area contributed by atoms with Gasteiger partial charge in [0, 0.05) is 19.3 Å². The van der Waals surface area contributed by atoms with Crippen molar-refractivity contribution < 1.29 is 33.3 Å². The molecule has 3 heterocycles. The van der Waals surface area contributed by atoms with Gasteiger partial charge in [-0.1, -0.05) is 19.3 Å². The van der Waals surface area contributed by atoms with E-state index >= 15 is 0 Å². The first-order valence-electron chi connectivity index (χ1n) is 15.1. The molecular weight excluding hydrogens is 560 g/mol. The Labute approximate surface area is 251 Å². The second-order valence-corrected chi connectivity index (χ2v) is 10.5. The van der Waals surface area contributed by atoms with Gasteiger partial charge < -0.3 is 41.9 Å². The molecule has 0 aromatic carbocycles. The summed E-state index contributed by atoms with van der Waals surface area (Å²) >= 11 is 0. The van der Waals surface area contributed by atoms with Crippen LogP contribution in [0.25, 0.3) is 11.2 Å². The van der Waals surface area contributed by atoms with Crippen LogP contribution in [0.1, 0.15) is 83.3 Å². The molecule has 1 aliphatic rings. The van der Waals surface area contributed by atoms with Crippen LogP contribution in [-0.2, 0) is 33.3 Å². The van der Waals surface area contributed by atoms with Crippen LogP contribution in [0.4, 0.5) is 5.82 Å². The van der Waals surface area contributed by atoms with Gasteiger partial charge in [-0.3, -0.25) is 19.0 Å². The van der Waals surface area contributed by atoms with E-state index in [1.807, 2.05) is 0 Å². The number of esters is 3. The molecule has 8 N–H and O–H groups in total. The van der Waals surface area contributed by atoms with E-state index in [0.29, 0.717) is 50.1 Å². The van der Waals surface area contributed by atoms with Crippen molar-refractivity contribution >= 4 is 34.9 Å². The van der Waals surface area contributed by atoms with Crippen LogP contribution < -0.4 is 22.9 Å². The van der Waals surface area contributed by atoms with E-state index in [-0.39, 0.29) is 31.7 Å². The Kier molecular flexibility index (Phi) is 14.5. The van der Waals surface area contributed by atoms with E-state index in [1.54, 1.807) is 4.57 Å². The number of nitrogens with zero attached hydrogens (tertiary/aromatic N) is 4. The van der Waals surface area contributed by atoms with Crippen molar-refractivity contribution in [3.05, 3.63) is 12.7 Å². The number of carbonyl (C=O) groups is 3. The molecule has 4 atom stereocenters. The summed E-state index contributed by atoms with van der Waals surface area (Å²) in [6.07, 6.45) is 5.68. The summed E-state index contributed by atoms with van der Waals surface area (Å²) in [4.78, 5) is 51.0. The van der Waals surface area contributed by atoms with Crippen molar-refractivity contribution in [1.29, 1.82) is 0 Å². The monoisotopic (exact) mass is 606 g/mol. The zero-order chi connectivity index (χ0) is 31.0. The average molecular weight is 607 g/mol. The molecule has 3 rings (SSSR count). The molecule has 15 nitrogen and oxygen atoms in total. The Morgan fingerprint density at radius 1 is 0.744 bits per heavy atom. The fourth-order valence-corrected chi connectivity index (χ4v) is 4.83. The molecule has 0 bridgehead atoms. The van der Waals surface area contributed by atoms with E-state index in [9.17, 15) is 14.4 Å². The number of unbranched alkanes of at least 4 members (excludes halogenated alkanes) is 6. The number of hydrogen-bond donors (Lipinski definition) is 4. The van der Waals surface area contributed by atoms with E-state index in [1.165, 1.54) is 12.7 Å². The van der Waals surface area contributed by atoms with Crippen molar-refractivity contribution in [3.8, 4) is 0 Å². The molecule has 0 unspecified atom stereocenters. The first-order valence-corrected chi connectivity index (χ1v) is 15.1. The standard InChI is InChI=1S/C28H46N8O7/c29-13-7-1-4-10-20(37)40-16-19-24(42-21(38)11-5-2-8-14-30)25(43-22(39)12-6-3-9-15-31)28(41-19)36-18-35-23-26(32)33-17-34-27(23)36/h17-19,24-25,28H,1-16,29-31H2,(H2,32,33,34)/t19-,24-,25-,28-/m1/s1. The lowest BCUT2D eigenvalue weighted by Crippen LogP contribution is -2.41. The van der Waals surface area contributed by atoms with Gasteiger partial charge in [0.05, 0.1) is 6.33 Å². The van der Waals surface area contributed by atoms with Crippen LogP contribution in [-0.4, -0.2) is 82.0 Å².